The number of carboxylic acids is 1. The molecule has 13 heteroatoms. The van der Waals surface area contributed by atoms with Crippen molar-refractivity contribution in [3.8, 4) is 0 Å². The van der Waals surface area contributed by atoms with Crippen LogP contribution in [-0.4, -0.2) is 94.1 Å². The zero-order valence-electron chi connectivity index (χ0n) is 26.6. The fourth-order valence-corrected chi connectivity index (χ4v) is 4.64. The number of amides is 3. The number of carbonyl (C=O) groups excluding carboxylic acids is 4. The molecule has 0 radical (unpaired) electrons. The van der Waals surface area contributed by atoms with Crippen LogP contribution in [-0.2, 0) is 20.9 Å². The number of aliphatic carboxylic acids is 1. The largest absolute Gasteiger partial charge is 0.548 e. The lowest BCUT2D eigenvalue weighted by molar-refractivity contribution is -0.894. The molecule has 0 spiro atoms. The topological polar surface area (TPSA) is 158 Å². The highest BCUT2D eigenvalue weighted by Gasteiger charge is 2.34. The fraction of sp³-hybridized carbons (Fsp3) is 0.548. The van der Waals surface area contributed by atoms with Crippen molar-refractivity contribution in [2.24, 2.45) is 0 Å². The van der Waals surface area contributed by atoms with Gasteiger partial charge in [-0.05, 0) is 72.6 Å². The van der Waals surface area contributed by atoms with E-state index < -0.39 is 54.3 Å². The van der Waals surface area contributed by atoms with Crippen molar-refractivity contribution in [1.29, 1.82) is 0 Å². The Hall–Kier alpha value is -4.26. The van der Waals surface area contributed by atoms with Crippen LogP contribution in [0.25, 0.3) is 0 Å². The molecule has 3 rings (SSSR count). The van der Waals surface area contributed by atoms with Crippen molar-refractivity contribution in [3.05, 3.63) is 58.6 Å². The summed E-state index contributed by atoms with van der Waals surface area (Å²) in [6.45, 7) is 14.9. The van der Waals surface area contributed by atoms with E-state index in [4.69, 9.17) is 4.74 Å². The van der Waals surface area contributed by atoms with Crippen molar-refractivity contribution < 1.29 is 33.9 Å². The normalized spacial score (nSPS) is 14.4. The standard InChI is InChI=1S/C25H31N5O7.C6H15N/c1-25(2,3)37-24(36)30-12-7-10-18(30)14-29(16-21(32)33)20(31)15-28-13-11-19(27-23(28)35)26-22(34)17-8-5-4-6-9-17;1-4-7(5-2)6-3/h4-6,8-9,11,13,18H,7,10,12,14-16H2,1-3H3,(H,32,33)(H,26,27,34,35);4-6H2,1-3H3/t18-;/m1./s1. The van der Waals surface area contributed by atoms with E-state index >= 15 is 0 Å². The molecule has 1 atom stereocenters. The lowest BCUT2D eigenvalue weighted by Crippen LogP contribution is -3.11. The molecule has 2 N–H and O–H groups in total. The summed E-state index contributed by atoms with van der Waals surface area (Å²) in [7, 11) is 0. The molecule has 1 aliphatic rings. The molecular formula is C31H46N6O7. The first kappa shape index (κ1) is 35.9. The number of carbonyl (C=O) groups is 4. The molecule has 242 valence electrons. The minimum atomic E-state index is -1.47. The number of hydrogen-bond donors (Lipinski definition) is 2. The fourth-order valence-electron chi connectivity index (χ4n) is 4.64. The average Bonchev–Trinajstić information content (AvgIpc) is 3.43. The summed E-state index contributed by atoms with van der Waals surface area (Å²) in [5, 5.41) is 13.9. The molecule has 3 amide bonds. The van der Waals surface area contributed by atoms with E-state index in [0.29, 0.717) is 24.9 Å². The zero-order chi connectivity index (χ0) is 32.9. The number of ether oxygens (including phenoxy) is 1. The SMILES string of the molecule is CC(C)(C)OC(=O)N1CCC[C@@H]1CN(CC(=O)[O-])C(=O)Cn1ccc(NC(=O)c2ccccc2)nc1=O.CC[NH+](CC)CC. The number of aromatic nitrogens is 2. The van der Waals surface area contributed by atoms with E-state index in [2.05, 4.69) is 31.1 Å². The molecule has 1 aromatic heterocycles. The Labute approximate surface area is 258 Å². The van der Waals surface area contributed by atoms with Gasteiger partial charge in [-0.2, -0.15) is 4.98 Å². The highest BCUT2D eigenvalue weighted by Crippen LogP contribution is 2.22. The maximum Gasteiger partial charge on any atom is 0.410 e. The third-order valence-corrected chi connectivity index (χ3v) is 7.07. The summed E-state index contributed by atoms with van der Waals surface area (Å²) >= 11 is 0. The molecule has 0 saturated carbocycles. The van der Waals surface area contributed by atoms with Gasteiger partial charge in [0.15, 0.2) is 0 Å². The molecule has 0 unspecified atom stereocenters. The zero-order valence-corrected chi connectivity index (χ0v) is 26.6. The Morgan fingerprint density at radius 2 is 1.70 bits per heavy atom. The summed E-state index contributed by atoms with van der Waals surface area (Å²) < 4.78 is 6.43. The Balaban J connectivity index is 0.000000860. The molecule has 0 bridgehead atoms. The Morgan fingerprint density at radius 1 is 1.07 bits per heavy atom. The van der Waals surface area contributed by atoms with Gasteiger partial charge >= 0.3 is 11.8 Å². The highest BCUT2D eigenvalue weighted by atomic mass is 16.6. The molecule has 1 aliphatic heterocycles. The second-order valence-corrected chi connectivity index (χ2v) is 11.5. The lowest BCUT2D eigenvalue weighted by atomic mass is 10.2. The van der Waals surface area contributed by atoms with Crippen LogP contribution in [0.1, 0.15) is 64.7 Å². The third-order valence-electron chi connectivity index (χ3n) is 7.07. The number of anilines is 1. The van der Waals surface area contributed by atoms with Crippen LogP contribution >= 0.6 is 0 Å². The van der Waals surface area contributed by atoms with Gasteiger partial charge in [-0.1, -0.05) is 18.2 Å². The Kier molecular flexibility index (Phi) is 14.0. The van der Waals surface area contributed by atoms with Crippen molar-refractivity contribution in [2.45, 2.75) is 72.6 Å². The van der Waals surface area contributed by atoms with Crippen molar-refractivity contribution in [2.75, 3.05) is 44.6 Å². The quantitative estimate of drug-likeness (QED) is 0.368. The van der Waals surface area contributed by atoms with Gasteiger partial charge < -0.3 is 34.7 Å². The van der Waals surface area contributed by atoms with Crippen LogP contribution < -0.4 is 21.0 Å². The van der Waals surface area contributed by atoms with Gasteiger partial charge in [0, 0.05) is 24.8 Å². The van der Waals surface area contributed by atoms with Gasteiger partial charge in [-0.15, -0.1) is 0 Å². The average molecular weight is 615 g/mol. The smallest absolute Gasteiger partial charge is 0.410 e. The van der Waals surface area contributed by atoms with Crippen molar-refractivity contribution in [3.63, 3.8) is 0 Å². The van der Waals surface area contributed by atoms with Gasteiger partial charge in [0.25, 0.3) is 5.91 Å². The van der Waals surface area contributed by atoms with Gasteiger partial charge in [0.1, 0.15) is 18.0 Å². The third kappa shape index (κ3) is 11.8. The van der Waals surface area contributed by atoms with E-state index in [1.54, 1.807) is 56.0 Å². The molecule has 1 saturated heterocycles. The first-order valence-electron chi connectivity index (χ1n) is 15.0. The highest BCUT2D eigenvalue weighted by molar-refractivity contribution is 6.03. The van der Waals surface area contributed by atoms with Gasteiger partial charge in [0.2, 0.25) is 5.91 Å². The predicted molar refractivity (Wildman–Crippen MR) is 163 cm³/mol. The van der Waals surface area contributed by atoms with E-state index in [1.807, 2.05) is 0 Å². The lowest BCUT2D eigenvalue weighted by Gasteiger charge is -2.32. The van der Waals surface area contributed by atoms with Crippen LogP contribution in [0.4, 0.5) is 10.6 Å². The summed E-state index contributed by atoms with van der Waals surface area (Å²) in [5.41, 5.74) is -1.12. The molecule has 13 nitrogen and oxygen atoms in total. The summed E-state index contributed by atoms with van der Waals surface area (Å²) in [5.74, 6) is -2.58. The Bertz CT molecular complexity index is 1300. The number of likely N-dealkylation sites (tertiary alicyclic amines) is 1. The molecule has 0 aliphatic carbocycles. The van der Waals surface area contributed by atoms with Gasteiger partial charge in [-0.25, -0.2) is 9.59 Å². The molecule has 2 aromatic rings. The van der Waals surface area contributed by atoms with E-state index in [-0.39, 0.29) is 12.4 Å². The number of rotatable bonds is 11. The second kappa shape index (κ2) is 17.1. The van der Waals surface area contributed by atoms with Gasteiger partial charge in [0.05, 0.1) is 38.2 Å². The number of carboxylic acid groups (broad SMARTS) is 1. The van der Waals surface area contributed by atoms with E-state index in [1.165, 1.54) is 36.8 Å². The van der Waals surface area contributed by atoms with E-state index in [9.17, 15) is 29.1 Å². The first-order valence-corrected chi connectivity index (χ1v) is 15.0. The van der Waals surface area contributed by atoms with Gasteiger partial charge in [-0.3, -0.25) is 14.2 Å². The molecule has 44 heavy (non-hydrogen) atoms. The van der Waals surface area contributed by atoms with Crippen LogP contribution in [0.5, 0.6) is 0 Å². The molecular weight excluding hydrogens is 568 g/mol. The van der Waals surface area contributed by atoms with E-state index in [0.717, 1.165) is 9.47 Å². The Morgan fingerprint density at radius 3 is 2.23 bits per heavy atom. The minimum Gasteiger partial charge on any atom is -0.548 e. The second-order valence-electron chi connectivity index (χ2n) is 11.5. The maximum absolute atomic E-state index is 13.0. The molecule has 1 aromatic carbocycles. The molecule has 2 heterocycles. The minimum absolute atomic E-state index is 0.00750. The van der Waals surface area contributed by atoms with Crippen molar-refractivity contribution in [1.82, 2.24) is 19.4 Å². The number of nitrogens with zero attached hydrogens (tertiary/aromatic N) is 4. The maximum atomic E-state index is 13.0. The first-order chi connectivity index (χ1) is 20.8. The summed E-state index contributed by atoms with van der Waals surface area (Å²) in [6.07, 6.45) is 1.99. The summed E-state index contributed by atoms with van der Waals surface area (Å²) in [6, 6.07) is 9.29. The van der Waals surface area contributed by atoms with Crippen LogP contribution in [0, 0.1) is 0 Å². The predicted octanol–water partition coefficient (Wildman–Crippen LogP) is 0.405. The van der Waals surface area contributed by atoms with Crippen LogP contribution in [0.15, 0.2) is 47.4 Å². The van der Waals surface area contributed by atoms with Crippen molar-refractivity contribution >= 4 is 29.7 Å². The number of hydrogen-bond acceptors (Lipinski definition) is 8. The number of benzene rings is 1. The molecule has 1 fully saturated rings. The monoisotopic (exact) mass is 614 g/mol. The van der Waals surface area contributed by atoms with Crippen LogP contribution in [0.2, 0.25) is 0 Å². The summed E-state index contributed by atoms with van der Waals surface area (Å²) in [4.78, 5) is 69.7. The number of nitrogens with one attached hydrogen (secondary N) is 2. The van der Waals surface area contributed by atoms with Crippen LogP contribution in [0.3, 0.4) is 0 Å². The number of quaternary nitrogens is 1.